The van der Waals surface area contributed by atoms with E-state index in [4.69, 9.17) is 0 Å². The molecule has 13 heavy (non-hydrogen) atoms. The molecule has 72 valence electrons. The lowest BCUT2D eigenvalue weighted by Gasteiger charge is -2.19. The van der Waals surface area contributed by atoms with Crippen LogP contribution in [0, 0.1) is 0 Å². The Morgan fingerprint density at radius 3 is 2.62 bits per heavy atom. The molecule has 2 heteroatoms. The lowest BCUT2D eigenvalue weighted by Crippen LogP contribution is -2.26. The van der Waals surface area contributed by atoms with Gasteiger partial charge in [-0.1, -0.05) is 28.1 Å². The van der Waals surface area contributed by atoms with E-state index in [1.807, 2.05) is 0 Å². The number of benzene rings is 1. The van der Waals surface area contributed by atoms with Gasteiger partial charge in [-0.25, -0.2) is 0 Å². The van der Waals surface area contributed by atoms with Gasteiger partial charge in [-0.3, -0.25) is 0 Å². The first-order valence-electron chi connectivity index (χ1n) is 4.50. The molecule has 0 saturated carbocycles. The Morgan fingerprint density at radius 2 is 2.08 bits per heavy atom. The fourth-order valence-corrected chi connectivity index (χ4v) is 1.63. The second kappa shape index (κ2) is 4.77. The van der Waals surface area contributed by atoms with Crippen LogP contribution in [-0.4, -0.2) is 25.0 Å². The minimum atomic E-state index is 0.592. The van der Waals surface area contributed by atoms with Gasteiger partial charge in [-0.2, -0.15) is 0 Å². The molecule has 1 atom stereocenters. The number of hydrogen-bond acceptors (Lipinski definition) is 1. The van der Waals surface area contributed by atoms with Crippen LogP contribution in [0.3, 0.4) is 0 Å². The first-order valence-corrected chi connectivity index (χ1v) is 5.30. The van der Waals surface area contributed by atoms with Crippen LogP contribution in [0.15, 0.2) is 28.7 Å². The molecule has 0 N–H and O–H groups in total. The lowest BCUT2D eigenvalue weighted by atomic mass is 10.1. The summed E-state index contributed by atoms with van der Waals surface area (Å²) in [6, 6.07) is 9.09. The molecule has 0 aliphatic heterocycles. The number of halogens is 1. The van der Waals surface area contributed by atoms with E-state index < -0.39 is 0 Å². The fraction of sp³-hybridized carbons (Fsp3) is 0.455. The monoisotopic (exact) mass is 241 g/mol. The van der Waals surface area contributed by atoms with Gasteiger partial charge in [0.15, 0.2) is 0 Å². The van der Waals surface area contributed by atoms with Crippen molar-refractivity contribution in [3.8, 4) is 0 Å². The van der Waals surface area contributed by atoms with Crippen molar-refractivity contribution < 1.29 is 0 Å². The molecule has 1 unspecified atom stereocenters. The molecule has 1 aromatic rings. The second-order valence-electron chi connectivity index (χ2n) is 3.65. The van der Waals surface area contributed by atoms with Crippen LogP contribution in [0.2, 0.25) is 0 Å². The molecule has 0 heterocycles. The van der Waals surface area contributed by atoms with Gasteiger partial charge in [0.2, 0.25) is 0 Å². The van der Waals surface area contributed by atoms with E-state index in [1.54, 1.807) is 0 Å². The maximum Gasteiger partial charge on any atom is 0.0178 e. The maximum atomic E-state index is 3.48. The van der Waals surface area contributed by atoms with Gasteiger partial charge >= 0.3 is 0 Å². The lowest BCUT2D eigenvalue weighted by molar-refractivity contribution is 0.312. The standard InChI is InChI=1S/C11H16BrN/c1-9(13(2)3)7-10-5-4-6-11(12)8-10/h4-6,8-9H,7H2,1-3H3. The van der Waals surface area contributed by atoms with E-state index in [2.05, 4.69) is 66.1 Å². The minimum absolute atomic E-state index is 0.592. The molecule has 1 rings (SSSR count). The molecule has 0 amide bonds. The number of hydrogen-bond donors (Lipinski definition) is 0. The van der Waals surface area contributed by atoms with Gasteiger partial charge in [-0.15, -0.1) is 0 Å². The van der Waals surface area contributed by atoms with Crippen LogP contribution >= 0.6 is 15.9 Å². The van der Waals surface area contributed by atoms with E-state index in [-0.39, 0.29) is 0 Å². The third-order valence-corrected chi connectivity index (χ3v) is 2.79. The first kappa shape index (κ1) is 10.7. The summed E-state index contributed by atoms with van der Waals surface area (Å²) in [5, 5.41) is 0. The van der Waals surface area contributed by atoms with Crippen LogP contribution in [0.5, 0.6) is 0 Å². The average Bonchev–Trinajstić information content (AvgIpc) is 2.04. The second-order valence-corrected chi connectivity index (χ2v) is 4.56. The average molecular weight is 242 g/mol. The van der Waals surface area contributed by atoms with Gasteiger partial charge in [0, 0.05) is 10.5 Å². The highest BCUT2D eigenvalue weighted by Gasteiger charge is 2.05. The zero-order chi connectivity index (χ0) is 9.84. The predicted octanol–water partition coefficient (Wildman–Crippen LogP) is 2.94. The molecule has 0 spiro atoms. The van der Waals surface area contributed by atoms with Crippen LogP contribution in [0.25, 0.3) is 0 Å². The molecule has 1 nitrogen and oxygen atoms in total. The van der Waals surface area contributed by atoms with E-state index >= 15 is 0 Å². The minimum Gasteiger partial charge on any atom is -0.306 e. The number of likely N-dealkylation sites (N-methyl/N-ethyl adjacent to an activating group) is 1. The van der Waals surface area contributed by atoms with E-state index in [0.717, 1.165) is 10.9 Å². The molecule has 0 fully saturated rings. The van der Waals surface area contributed by atoms with E-state index in [1.165, 1.54) is 5.56 Å². The van der Waals surface area contributed by atoms with Gasteiger partial charge in [0.25, 0.3) is 0 Å². The molecule has 0 aliphatic rings. The normalized spacial score (nSPS) is 13.3. The van der Waals surface area contributed by atoms with Crippen molar-refractivity contribution >= 4 is 15.9 Å². The smallest absolute Gasteiger partial charge is 0.0178 e. The summed E-state index contributed by atoms with van der Waals surface area (Å²) < 4.78 is 1.16. The Kier molecular flexibility index (Phi) is 3.94. The summed E-state index contributed by atoms with van der Waals surface area (Å²) in [6.07, 6.45) is 1.10. The summed E-state index contributed by atoms with van der Waals surface area (Å²) >= 11 is 3.48. The van der Waals surface area contributed by atoms with Gasteiger partial charge < -0.3 is 4.90 Å². The Labute approximate surface area is 88.9 Å². The predicted molar refractivity (Wildman–Crippen MR) is 61.0 cm³/mol. The molecular weight excluding hydrogens is 226 g/mol. The molecule has 0 saturated heterocycles. The van der Waals surface area contributed by atoms with Crippen molar-refractivity contribution in [3.63, 3.8) is 0 Å². The van der Waals surface area contributed by atoms with Crippen LogP contribution in [-0.2, 0) is 6.42 Å². The highest BCUT2D eigenvalue weighted by Crippen LogP contribution is 2.13. The van der Waals surface area contributed by atoms with Crippen LogP contribution in [0.1, 0.15) is 12.5 Å². The van der Waals surface area contributed by atoms with Crippen molar-refractivity contribution in [1.82, 2.24) is 4.90 Å². The topological polar surface area (TPSA) is 3.24 Å². The Balaban J connectivity index is 2.64. The van der Waals surface area contributed by atoms with Gasteiger partial charge in [0.05, 0.1) is 0 Å². The quantitative estimate of drug-likeness (QED) is 0.787. The van der Waals surface area contributed by atoms with Crippen molar-refractivity contribution in [2.24, 2.45) is 0 Å². The molecular formula is C11H16BrN. The van der Waals surface area contributed by atoms with E-state index in [9.17, 15) is 0 Å². The number of nitrogens with zero attached hydrogens (tertiary/aromatic N) is 1. The van der Waals surface area contributed by atoms with Gasteiger partial charge in [-0.05, 0) is 45.1 Å². The van der Waals surface area contributed by atoms with E-state index in [0.29, 0.717) is 6.04 Å². The van der Waals surface area contributed by atoms with Gasteiger partial charge in [0.1, 0.15) is 0 Å². The van der Waals surface area contributed by atoms with Crippen LogP contribution in [0.4, 0.5) is 0 Å². The number of rotatable bonds is 3. The molecule has 0 aromatic heterocycles. The first-order chi connectivity index (χ1) is 6.09. The maximum absolute atomic E-state index is 3.48. The molecule has 1 aromatic carbocycles. The summed E-state index contributed by atoms with van der Waals surface area (Å²) in [6.45, 7) is 2.24. The zero-order valence-electron chi connectivity index (χ0n) is 8.42. The summed E-state index contributed by atoms with van der Waals surface area (Å²) in [7, 11) is 4.23. The Hall–Kier alpha value is -0.340. The molecule has 0 aliphatic carbocycles. The third-order valence-electron chi connectivity index (χ3n) is 2.30. The highest BCUT2D eigenvalue weighted by molar-refractivity contribution is 9.10. The SMILES string of the molecule is CC(Cc1cccc(Br)c1)N(C)C. The van der Waals surface area contributed by atoms with Crippen molar-refractivity contribution in [3.05, 3.63) is 34.3 Å². The van der Waals surface area contributed by atoms with Crippen molar-refractivity contribution in [2.75, 3.05) is 14.1 Å². The summed E-state index contributed by atoms with van der Waals surface area (Å²) in [4.78, 5) is 2.24. The highest BCUT2D eigenvalue weighted by atomic mass is 79.9. The van der Waals surface area contributed by atoms with Crippen LogP contribution < -0.4 is 0 Å². The fourth-order valence-electron chi connectivity index (χ4n) is 1.19. The largest absolute Gasteiger partial charge is 0.306 e. The molecule has 0 bridgehead atoms. The van der Waals surface area contributed by atoms with Crippen molar-refractivity contribution in [2.45, 2.75) is 19.4 Å². The Morgan fingerprint density at radius 1 is 1.38 bits per heavy atom. The Bertz CT molecular complexity index is 271. The zero-order valence-corrected chi connectivity index (χ0v) is 10.0. The third kappa shape index (κ3) is 3.49. The summed E-state index contributed by atoms with van der Waals surface area (Å²) in [5.74, 6) is 0. The van der Waals surface area contributed by atoms with Crippen molar-refractivity contribution in [1.29, 1.82) is 0 Å². The summed E-state index contributed by atoms with van der Waals surface area (Å²) in [5.41, 5.74) is 1.38. The molecule has 0 radical (unpaired) electrons.